The lowest BCUT2D eigenvalue weighted by atomic mass is 10.1. The van der Waals surface area contributed by atoms with Crippen LogP contribution in [-0.2, 0) is 0 Å². The highest BCUT2D eigenvalue weighted by Crippen LogP contribution is 2.30. The van der Waals surface area contributed by atoms with Gasteiger partial charge in [-0.25, -0.2) is 4.98 Å². The van der Waals surface area contributed by atoms with Crippen molar-refractivity contribution in [1.29, 1.82) is 0 Å². The predicted octanol–water partition coefficient (Wildman–Crippen LogP) is 2.71. The van der Waals surface area contributed by atoms with Crippen LogP contribution in [-0.4, -0.2) is 29.2 Å². The Balaban J connectivity index is 2.14. The fourth-order valence-corrected chi connectivity index (χ4v) is 2.05. The zero-order chi connectivity index (χ0) is 13.9. The van der Waals surface area contributed by atoms with Crippen molar-refractivity contribution in [2.75, 3.05) is 14.2 Å². The quantitative estimate of drug-likeness (QED) is 0.730. The van der Waals surface area contributed by atoms with Gasteiger partial charge in [0.15, 0.2) is 0 Å². The van der Waals surface area contributed by atoms with Crippen LogP contribution in [0.25, 0.3) is 22.0 Å². The van der Waals surface area contributed by atoms with Gasteiger partial charge in [-0.2, -0.15) is 4.98 Å². The lowest BCUT2D eigenvalue weighted by Gasteiger charge is -2.09. The van der Waals surface area contributed by atoms with Crippen molar-refractivity contribution >= 4 is 10.9 Å². The Hall–Kier alpha value is -2.69. The van der Waals surface area contributed by atoms with Crippen LogP contribution < -0.4 is 9.47 Å². The van der Waals surface area contributed by atoms with Crippen LogP contribution >= 0.6 is 0 Å². The van der Waals surface area contributed by atoms with E-state index in [1.54, 1.807) is 19.5 Å². The molecule has 0 aliphatic heterocycles. The molecule has 1 aromatic carbocycles. The van der Waals surface area contributed by atoms with Crippen LogP contribution in [0.1, 0.15) is 0 Å². The summed E-state index contributed by atoms with van der Waals surface area (Å²) in [5.41, 5.74) is 2.74. The summed E-state index contributed by atoms with van der Waals surface area (Å²) in [6.07, 6.45) is 3.47. The molecule has 5 heteroatoms. The topological polar surface area (TPSA) is 57.1 Å². The second-order valence-corrected chi connectivity index (χ2v) is 4.19. The number of rotatable bonds is 3. The second-order valence-electron chi connectivity index (χ2n) is 4.19. The van der Waals surface area contributed by atoms with Crippen LogP contribution in [0.3, 0.4) is 0 Å². The van der Waals surface area contributed by atoms with E-state index in [0.29, 0.717) is 5.88 Å². The highest BCUT2D eigenvalue weighted by atomic mass is 16.5. The maximum absolute atomic E-state index is 5.31. The summed E-state index contributed by atoms with van der Waals surface area (Å²) in [6.45, 7) is 0. The molecule has 0 saturated heterocycles. The van der Waals surface area contributed by atoms with Crippen LogP contribution in [0, 0.1) is 0 Å². The van der Waals surface area contributed by atoms with Gasteiger partial charge in [-0.1, -0.05) is 12.1 Å². The molecule has 2 aromatic heterocycles. The molecule has 0 unspecified atom stereocenters. The Labute approximate surface area is 116 Å². The van der Waals surface area contributed by atoms with E-state index in [0.717, 1.165) is 22.0 Å². The van der Waals surface area contributed by atoms with E-state index >= 15 is 0 Å². The van der Waals surface area contributed by atoms with E-state index in [-0.39, 0.29) is 6.01 Å². The molecular formula is C15H13N3O2. The Bertz CT molecular complexity index is 759. The van der Waals surface area contributed by atoms with Crippen molar-refractivity contribution in [3.63, 3.8) is 0 Å². The molecule has 0 spiro atoms. The summed E-state index contributed by atoms with van der Waals surface area (Å²) in [5, 5.41) is 1.06. The Kier molecular flexibility index (Phi) is 3.16. The van der Waals surface area contributed by atoms with E-state index in [9.17, 15) is 0 Å². The Morgan fingerprint density at radius 1 is 1.00 bits per heavy atom. The molecule has 0 aliphatic carbocycles. The molecule has 0 amide bonds. The summed E-state index contributed by atoms with van der Waals surface area (Å²) in [6, 6.07) is 10.2. The molecule has 3 rings (SSSR count). The zero-order valence-electron chi connectivity index (χ0n) is 11.2. The highest BCUT2D eigenvalue weighted by molar-refractivity contribution is 5.85. The van der Waals surface area contributed by atoms with E-state index in [1.807, 2.05) is 30.3 Å². The van der Waals surface area contributed by atoms with Crippen LogP contribution in [0.5, 0.6) is 11.9 Å². The first-order valence-corrected chi connectivity index (χ1v) is 6.12. The van der Waals surface area contributed by atoms with E-state index < -0.39 is 0 Å². The van der Waals surface area contributed by atoms with Crippen LogP contribution in [0.15, 0.2) is 42.7 Å². The Morgan fingerprint density at radius 3 is 2.70 bits per heavy atom. The first-order chi connectivity index (χ1) is 9.81. The van der Waals surface area contributed by atoms with Crippen LogP contribution in [0.4, 0.5) is 0 Å². The average molecular weight is 267 g/mol. The van der Waals surface area contributed by atoms with Gasteiger partial charge in [-0.3, -0.25) is 4.98 Å². The fourth-order valence-electron chi connectivity index (χ4n) is 2.05. The summed E-state index contributed by atoms with van der Waals surface area (Å²) in [5.74, 6) is 0.486. The number of pyridine rings is 1. The van der Waals surface area contributed by atoms with Gasteiger partial charge in [-0.15, -0.1) is 0 Å². The number of aromatic nitrogens is 3. The number of hydrogen-bond acceptors (Lipinski definition) is 5. The third-order valence-electron chi connectivity index (χ3n) is 3.02. The molecule has 20 heavy (non-hydrogen) atoms. The smallest absolute Gasteiger partial charge is 0.319 e. The lowest BCUT2D eigenvalue weighted by Crippen LogP contribution is -1.97. The van der Waals surface area contributed by atoms with Crippen molar-refractivity contribution in [3.8, 4) is 23.0 Å². The highest BCUT2D eigenvalue weighted by Gasteiger charge is 2.10. The van der Waals surface area contributed by atoms with Gasteiger partial charge in [-0.05, 0) is 23.8 Å². The minimum atomic E-state index is 0.285. The van der Waals surface area contributed by atoms with Gasteiger partial charge in [0.1, 0.15) is 0 Å². The lowest BCUT2D eigenvalue weighted by molar-refractivity contribution is 0.353. The number of benzene rings is 1. The number of fused-ring (bicyclic) bond motifs is 1. The third-order valence-corrected chi connectivity index (χ3v) is 3.02. The van der Waals surface area contributed by atoms with Gasteiger partial charge in [0.25, 0.3) is 0 Å². The molecule has 0 atom stereocenters. The zero-order valence-corrected chi connectivity index (χ0v) is 11.2. The van der Waals surface area contributed by atoms with Crippen molar-refractivity contribution in [3.05, 3.63) is 42.7 Å². The molecule has 100 valence electrons. The first-order valence-electron chi connectivity index (χ1n) is 6.12. The van der Waals surface area contributed by atoms with E-state index in [4.69, 9.17) is 9.47 Å². The minimum absolute atomic E-state index is 0.285. The monoisotopic (exact) mass is 267 g/mol. The number of hydrogen-bond donors (Lipinski definition) is 0. The fraction of sp³-hybridized carbons (Fsp3) is 0.133. The summed E-state index contributed by atoms with van der Waals surface area (Å²) in [4.78, 5) is 12.6. The Morgan fingerprint density at radius 2 is 1.90 bits per heavy atom. The molecular weight excluding hydrogens is 254 g/mol. The molecule has 2 heterocycles. The average Bonchev–Trinajstić information content (AvgIpc) is 2.53. The normalized spacial score (nSPS) is 10.5. The van der Waals surface area contributed by atoms with Crippen molar-refractivity contribution in [1.82, 2.24) is 15.0 Å². The van der Waals surface area contributed by atoms with E-state index in [2.05, 4.69) is 15.0 Å². The minimum Gasteiger partial charge on any atom is -0.480 e. The van der Waals surface area contributed by atoms with Gasteiger partial charge < -0.3 is 9.47 Å². The maximum Gasteiger partial charge on any atom is 0.319 e. The predicted molar refractivity (Wildman–Crippen MR) is 75.9 cm³/mol. The van der Waals surface area contributed by atoms with Gasteiger partial charge >= 0.3 is 6.01 Å². The molecule has 3 aromatic rings. The van der Waals surface area contributed by atoms with Crippen molar-refractivity contribution < 1.29 is 9.47 Å². The van der Waals surface area contributed by atoms with Gasteiger partial charge in [0.05, 0.1) is 25.3 Å². The first kappa shape index (κ1) is 12.3. The molecule has 0 aliphatic rings. The molecule has 0 fully saturated rings. The second kappa shape index (κ2) is 5.13. The van der Waals surface area contributed by atoms with Crippen LogP contribution in [0.2, 0.25) is 0 Å². The summed E-state index contributed by atoms with van der Waals surface area (Å²) in [7, 11) is 3.10. The third kappa shape index (κ3) is 2.14. The van der Waals surface area contributed by atoms with Crippen molar-refractivity contribution in [2.24, 2.45) is 0 Å². The SMILES string of the molecule is COc1ncc(-c2ccc3ncccc3c2)c(OC)n1. The number of nitrogens with zero attached hydrogens (tertiary/aromatic N) is 3. The standard InChI is InChI=1S/C15H13N3O2/c1-19-14-12(9-17-15(18-14)20-2)10-5-6-13-11(8-10)4-3-7-16-13/h3-9H,1-2H3. The molecule has 0 saturated carbocycles. The van der Waals surface area contributed by atoms with Gasteiger partial charge in [0, 0.05) is 17.8 Å². The molecule has 0 N–H and O–H groups in total. The van der Waals surface area contributed by atoms with Gasteiger partial charge in [0.2, 0.25) is 5.88 Å². The number of methoxy groups -OCH3 is 2. The molecule has 0 bridgehead atoms. The summed E-state index contributed by atoms with van der Waals surface area (Å²) >= 11 is 0. The summed E-state index contributed by atoms with van der Waals surface area (Å²) < 4.78 is 10.3. The molecule has 0 radical (unpaired) electrons. The molecule has 5 nitrogen and oxygen atoms in total. The number of ether oxygens (including phenoxy) is 2. The van der Waals surface area contributed by atoms with E-state index in [1.165, 1.54) is 7.11 Å². The van der Waals surface area contributed by atoms with Crippen molar-refractivity contribution in [2.45, 2.75) is 0 Å². The largest absolute Gasteiger partial charge is 0.480 e. The maximum atomic E-state index is 5.31.